The van der Waals surface area contributed by atoms with Crippen molar-refractivity contribution in [2.24, 2.45) is 0 Å². The van der Waals surface area contributed by atoms with Gasteiger partial charge in [0.25, 0.3) is 0 Å². The molecule has 0 aromatic rings. The zero-order valence-corrected chi connectivity index (χ0v) is 98.6. The topological polar surface area (TPSA) is 270 Å². The van der Waals surface area contributed by atoms with Crippen molar-refractivity contribution in [3.63, 3.8) is 0 Å². The Morgan fingerprint density at radius 2 is 0.143 bits per heavy atom. The maximum absolute atomic E-state index is 8.74. The van der Waals surface area contributed by atoms with Crippen LogP contribution in [0.3, 0.4) is 0 Å². The van der Waals surface area contributed by atoms with Crippen LogP contribution >= 0.6 is 0 Å². The largest absolute Gasteiger partial charge is 0.394 e. The highest BCUT2D eigenvalue weighted by molar-refractivity contribution is 7.80. The van der Waals surface area contributed by atoms with E-state index < -0.39 is 31.2 Å². The predicted molar refractivity (Wildman–Crippen MR) is 615 cm³/mol. The van der Waals surface area contributed by atoms with E-state index in [4.69, 9.17) is 76.3 Å². The van der Waals surface area contributed by atoms with Crippen LogP contribution < -0.4 is 0 Å². The molecule has 0 heterocycles. The Morgan fingerprint density at radius 3 is 0.193 bits per heavy atom. The highest BCUT2D eigenvalue weighted by Gasteiger charge is 2.05. The van der Waals surface area contributed by atoms with Gasteiger partial charge in [-0.05, 0) is 64.2 Å². The summed E-state index contributed by atoms with van der Waals surface area (Å²) < 4.78 is 124. The standard InChI is InChI=1S/5C24H50O.3H2O4S/c5*1-3-5-7-9-11-13-15-17-19-21-23-25-24-22-20-18-16-14-12-10-8-6-4-2;3*1-5(2,3)4/h5*3-24H2,1-2H3;3*(H2,1,2,3,4). The molecule has 0 bridgehead atoms. The van der Waals surface area contributed by atoms with Gasteiger partial charge in [0.2, 0.25) is 0 Å². The fraction of sp³-hybridized carbons (Fsp3) is 1.00. The quantitative estimate of drug-likeness (QED) is 0.0244. The number of hydrogen-bond acceptors (Lipinski definition) is 11. The van der Waals surface area contributed by atoms with Gasteiger partial charge in [0.1, 0.15) is 0 Å². The molecule has 6 N–H and O–H groups in total. The lowest BCUT2D eigenvalue weighted by Crippen LogP contribution is -1.97. The SMILES string of the molecule is CCCCCCCCCCCCOCCCCCCCCCCCC.CCCCCCCCCCCCOCCCCCCCCCCCC.CCCCCCCCCCCCOCCCCCCCCCCCC.CCCCCCCCCCCCOCCCCCCCCCCCC.CCCCCCCCCCCCOCCCCCCCCCCCC.O=S(=O)(O)O.O=S(=O)(O)O.O=S(=O)(O)O. The van der Waals surface area contributed by atoms with Gasteiger partial charge in [0, 0.05) is 66.1 Å². The predicted octanol–water partition coefficient (Wildman–Crippen LogP) is 42.3. The molecule has 856 valence electrons. The molecule has 20 heteroatoms. The molecule has 0 radical (unpaired) electrons. The van der Waals surface area contributed by atoms with E-state index in [1.165, 1.54) is 642 Å². The number of hydrogen-bond donors (Lipinski definition) is 6. The summed E-state index contributed by atoms with van der Waals surface area (Å²) in [6, 6.07) is 0. The van der Waals surface area contributed by atoms with Crippen LogP contribution in [0.5, 0.6) is 0 Å². The van der Waals surface area contributed by atoms with Gasteiger partial charge >= 0.3 is 31.2 Å². The minimum absolute atomic E-state index is 0.994. The van der Waals surface area contributed by atoms with Gasteiger partial charge in [-0.15, -0.1) is 0 Å². The maximum Gasteiger partial charge on any atom is 0.394 e. The zero-order valence-electron chi connectivity index (χ0n) is 96.2. The normalized spacial score (nSPS) is 11.3. The van der Waals surface area contributed by atoms with Gasteiger partial charge in [0.05, 0.1) is 0 Å². The van der Waals surface area contributed by atoms with Crippen molar-refractivity contribution in [2.45, 2.75) is 711 Å². The van der Waals surface area contributed by atoms with E-state index in [1.807, 2.05) is 0 Å². The molecule has 0 aliphatic heterocycles. The molecule has 0 spiro atoms. The number of unbranched alkanes of at least 4 members (excludes halogenated alkanes) is 90. The average molecular weight is 2070 g/mol. The molecule has 0 saturated carbocycles. The molecule has 140 heavy (non-hydrogen) atoms. The van der Waals surface area contributed by atoms with Gasteiger partial charge < -0.3 is 23.7 Å². The zero-order chi connectivity index (χ0) is 105. The Kier molecular flexibility index (Phi) is 165. The van der Waals surface area contributed by atoms with Crippen molar-refractivity contribution in [1.29, 1.82) is 0 Å². The second-order valence-electron chi connectivity index (χ2n) is 41.2. The van der Waals surface area contributed by atoms with Crippen LogP contribution in [-0.4, -0.2) is 119 Å². The van der Waals surface area contributed by atoms with Crippen LogP contribution in [-0.2, 0) is 54.9 Å². The first-order valence-corrected chi connectivity index (χ1v) is 66.2. The smallest absolute Gasteiger partial charge is 0.381 e. The van der Waals surface area contributed by atoms with E-state index >= 15 is 0 Å². The first-order chi connectivity index (χ1) is 68.1. The molecule has 0 aliphatic rings. The third-order valence-electron chi connectivity index (χ3n) is 26.4. The fourth-order valence-electron chi connectivity index (χ4n) is 17.4. The van der Waals surface area contributed by atoms with Crippen LogP contribution in [0, 0.1) is 0 Å². The molecule has 0 atom stereocenters. The highest BCUT2D eigenvalue weighted by Crippen LogP contribution is 2.21. The Hall–Kier alpha value is -0.590. The van der Waals surface area contributed by atoms with E-state index in [9.17, 15) is 0 Å². The lowest BCUT2D eigenvalue weighted by molar-refractivity contribution is 0.125. The molecule has 17 nitrogen and oxygen atoms in total. The minimum atomic E-state index is -4.67. The number of rotatable bonds is 110. The molecular formula is C120H256O17S3. The molecular weight excluding hydrogens is 1810 g/mol. The van der Waals surface area contributed by atoms with Crippen molar-refractivity contribution in [3.05, 3.63) is 0 Å². The molecule has 0 fully saturated rings. The van der Waals surface area contributed by atoms with Crippen molar-refractivity contribution in [2.75, 3.05) is 66.1 Å². The monoisotopic (exact) mass is 2070 g/mol. The third kappa shape index (κ3) is 214. The molecule has 0 amide bonds. The van der Waals surface area contributed by atoms with Crippen molar-refractivity contribution >= 4 is 31.2 Å². The molecule has 0 aromatic heterocycles. The van der Waals surface area contributed by atoms with E-state index in [1.54, 1.807) is 0 Å². The summed E-state index contributed by atoms with van der Waals surface area (Å²) in [6.07, 6.45) is 141. The van der Waals surface area contributed by atoms with Gasteiger partial charge in [-0.3, -0.25) is 27.3 Å². The highest BCUT2D eigenvalue weighted by atomic mass is 32.3. The Balaban J connectivity index is -0.000000249. The van der Waals surface area contributed by atoms with E-state index in [0.29, 0.717) is 0 Å². The average Bonchev–Trinajstić information content (AvgIpc) is 1.09. The Labute approximate surface area is 879 Å². The molecule has 0 unspecified atom stereocenters. The van der Waals surface area contributed by atoms with Crippen LogP contribution in [0.25, 0.3) is 0 Å². The minimum Gasteiger partial charge on any atom is -0.381 e. The maximum atomic E-state index is 8.74. The van der Waals surface area contributed by atoms with Crippen molar-refractivity contribution in [1.82, 2.24) is 0 Å². The Morgan fingerprint density at radius 1 is 0.100 bits per heavy atom. The second-order valence-corrected chi connectivity index (χ2v) is 43.9. The van der Waals surface area contributed by atoms with Crippen LogP contribution in [0.2, 0.25) is 0 Å². The van der Waals surface area contributed by atoms with Gasteiger partial charge in [-0.25, -0.2) is 0 Å². The van der Waals surface area contributed by atoms with Gasteiger partial charge in [-0.2, -0.15) is 25.3 Å². The fourth-order valence-corrected chi connectivity index (χ4v) is 17.4. The van der Waals surface area contributed by atoms with E-state index in [-0.39, 0.29) is 0 Å². The summed E-state index contributed by atoms with van der Waals surface area (Å²) in [5.74, 6) is 0. The second kappa shape index (κ2) is 149. The van der Waals surface area contributed by atoms with E-state index in [2.05, 4.69) is 69.2 Å². The van der Waals surface area contributed by atoms with Crippen LogP contribution in [0.4, 0.5) is 0 Å². The molecule has 0 rings (SSSR count). The summed E-state index contributed by atoms with van der Waals surface area (Å²) >= 11 is 0. The lowest BCUT2D eigenvalue weighted by Gasteiger charge is -2.05. The molecule has 0 aliphatic carbocycles. The summed E-state index contributed by atoms with van der Waals surface area (Å²) in [5, 5.41) is 0. The summed E-state index contributed by atoms with van der Waals surface area (Å²) in [7, 11) is -14.0. The Bertz CT molecular complexity index is 1890. The van der Waals surface area contributed by atoms with Crippen molar-refractivity contribution < 1.29 is 76.3 Å². The van der Waals surface area contributed by atoms with Gasteiger partial charge in [-0.1, -0.05) is 647 Å². The van der Waals surface area contributed by atoms with Gasteiger partial charge in [0.15, 0.2) is 0 Å². The van der Waals surface area contributed by atoms with E-state index in [0.717, 1.165) is 66.1 Å². The lowest BCUT2D eigenvalue weighted by atomic mass is 10.1. The van der Waals surface area contributed by atoms with Crippen LogP contribution in [0.1, 0.15) is 711 Å². The first kappa shape index (κ1) is 155. The van der Waals surface area contributed by atoms with Crippen LogP contribution in [0.15, 0.2) is 0 Å². The summed E-state index contributed by atoms with van der Waals surface area (Å²) in [4.78, 5) is 0. The molecule has 0 saturated heterocycles. The van der Waals surface area contributed by atoms with Crippen molar-refractivity contribution in [3.8, 4) is 0 Å². The summed E-state index contributed by atoms with van der Waals surface area (Å²) in [6.45, 7) is 32.8. The summed E-state index contributed by atoms with van der Waals surface area (Å²) in [5.41, 5.74) is 0. The number of ether oxygens (including phenoxy) is 5. The first-order valence-electron chi connectivity index (χ1n) is 62.1. The molecule has 0 aromatic carbocycles. The third-order valence-corrected chi connectivity index (χ3v) is 26.4.